The zero-order valence-electron chi connectivity index (χ0n) is 29.9. The highest BCUT2D eigenvalue weighted by molar-refractivity contribution is 5.98. The number of ether oxygens (including phenoxy) is 1. The van der Waals surface area contributed by atoms with E-state index < -0.39 is 90.0 Å². The first-order valence-electron chi connectivity index (χ1n) is 16.9. The molecule has 1 aromatic rings. The number of nitrogens with zero attached hydrogens (tertiary/aromatic N) is 1. The first kappa shape index (κ1) is 42.1. The zero-order chi connectivity index (χ0) is 38.1. The first-order chi connectivity index (χ1) is 23.9. The molecule has 16 nitrogen and oxygen atoms in total. The molecule has 0 unspecified atom stereocenters. The zero-order valence-corrected chi connectivity index (χ0v) is 29.9. The van der Waals surface area contributed by atoms with Gasteiger partial charge in [0.05, 0.1) is 12.4 Å². The van der Waals surface area contributed by atoms with Gasteiger partial charge >= 0.3 is 6.09 Å². The Balaban J connectivity index is 2.41. The number of unbranched alkanes of at least 4 members (excludes halogenated alkanes) is 1. The van der Waals surface area contributed by atoms with Crippen molar-refractivity contribution in [1.82, 2.24) is 31.9 Å². The Labute approximate surface area is 297 Å². The third-order valence-electron chi connectivity index (χ3n) is 7.42. The van der Waals surface area contributed by atoms with Crippen molar-refractivity contribution in [2.45, 2.75) is 109 Å². The number of amides is 6. The van der Waals surface area contributed by atoms with Crippen molar-refractivity contribution in [1.29, 1.82) is 0 Å². The van der Waals surface area contributed by atoms with Crippen LogP contribution in [0.4, 0.5) is 9.18 Å². The first-order valence-corrected chi connectivity index (χ1v) is 16.9. The maximum atomic E-state index is 13.8. The Kier molecular flexibility index (Phi) is 17.0. The lowest BCUT2D eigenvalue weighted by Gasteiger charge is -2.26. The van der Waals surface area contributed by atoms with E-state index in [2.05, 4.69) is 36.9 Å². The van der Waals surface area contributed by atoms with E-state index in [9.17, 15) is 38.0 Å². The Hall–Kier alpha value is -5.09. The fourth-order valence-electron chi connectivity index (χ4n) is 4.98. The number of Topliss-reactive ketones (excluding diaryl/α,β-unsaturated/α-hetero) is 1. The Bertz CT molecular complexity index is 1430. The molecular formula is C34H51FN8O8. The second-order valence-electron chi connectivity index (χ2n) is 13.3. The van der Waals surface area contributed by atoms with E-state index in [4.69, 9.17) is 10.5 Å². The molecule has 0 aromatic heterocycles. The average Bonchev–Trinajstić information content (AvgIpc) is 3.02. The van der Waals surface area contributed by atoms with Crippen molar-refractivity contribution in [3.63, 3.8) is 0 Å². The minimum Gasteiger partial charge on any atom is -0.444 e. The van der Waals surface area contributed by atoms with E-state index in [-0.39, 0.29) is 32.4 Å². The lowest BCUT2D eigenvalue weighted by atomic mass is 10.0. The number of nitrogens with two attached hydrogens (primary N) is 1. The Morgan fingerprint density at radius 3 is 2.02 bits per heavy atom. The van der Waals surface area contributed by atoms with Crippen LogP contribution in [0.3, 0.4) is 0 Å². The number of hydrogen-bond donors (Lipinski definition) is 7. The van der Waals surface area contributed by atoms with Crippen molar-refractivity contribution in [3.05, 3.63) is 35.6 Å². The number of carbonyl (C=O) groups excluding carboxylic acids is 7. The molecule has 1 aliphatic heterocycles. The minimum atomic E-state index is -1.39. The molecule has 0 bridgehead atoms. The Morgan fingerprint density at radius 2 is 1.41 bits per heavy atom. The summed E-state index contributed by atoms with van der Waals surface area (Å²) in [5.41, 5.74) is 5.40. The fourth-order valence-corrected chi connectivity index (χ4v) is 4.98. The maximum absolute atomic E-state index is 13.8. The van der Waals surface area contributed by atoms with Crippen molar-refractivity contribution in [2.24, 2.45) is 10.7 Å². The van der Waals surface area contributed by atoms with Crippen molar-refractivity contribution in [3.8, 4) is 0 Å². The molecular weight excluding hydrogens is 667 g/mol. The summed E-state index contributed by atoms with van der Waals surface area (Å²) >= 11 is 0. The van der Waals surface area contributed by atoms with Crippen LogP contribution in [0.5, 0.6) is 0 Å². The van der Waals surface area contributed by atoms with Crippen LogP contribution in [0.2, 0.25) is 0 Å². The molecule has 1 aliphatic rings. The number of aliphatic imine (C=N–C) groups is 1. The SMILES string of the molecule is CC(=O)C[C@@H]1NC(=O)CNC(=O)[C@H](CCCN=C(C)N)NC(=O)[C@H](CCCCNC(=O)OC(C)(C)C)NC(=O)[C@@H](Cc2ccc(F)cc2)NC1=O. The summed E-state index contributed by atoms with van der Waals surface area (Å²) in [5, 5.41) is 15.4. The van der Waals surface area contributed by atoms with Gasteiger partial charge in [0, 0.05) is 25.9 Å². The van der Waals surface area contributed by atoms with E-state index >= 15 is 0 Å². The smallest absolute Gasteiger partial charge is 0.407 e. The number of ketones is 1. The van der Waals surface area contributed by atoms with Gasteiger partial charge < -0.3 is 42.4 Å². The van der Waals surface area contributed by atoms with Gasteiger partial charge in [-0.15, -0.1) is 0 Å². The van der Waals surface area contributed by atoms with E-state index in [1.54, 1.807) is 27.7 Å². The summed E-state index contributed by atoms with van der Waals surface area (Å²) in [6.07, 6.45) is 0.112. The summed E-state index contributed by atoms with van der Waals surface area (Å²) in [6, 6.07) is 0.179. The van der Waals surface area contributed by atoms with Crippen LogP contribution in [-0.4, -0.2) is 96.7 Å². The van der Waals surface area contributed by atoms with Gasteiger partial charge in [-0.2, -0.15) is 0 Å². The van der Waals surface area contributed by atoms with Crippen molar-refractivity contribution < 1.29 is 42.7 Å². The predicted octanol–water partition coefficient (Wildman–Crippen LogP) is 0.269. The molecule has 4 atom stereocenters. The normalized spacial score (nSPS) is 21.1. The van der Waals surface area contributed by atoms with Crippen LogP contribution < -0.4 is 37.6 Å². The largest absolute Gasteiger partial charge is 0.444 e. The third-order valence-corrected chi connectivity index (χ3v) is 7.42. The topological polar surface area (TPSA) is 239 Å². The summed E-state index contributed by atoms with van der Waals surface area (Å²) in [6.45, 7) is 7.92. The van der Waals surface area contributed by atoms with Gasteiger partial charge in [0.15, 0.2) is 0 Å². The number of benzene rings is 1. The van der Waals surface area contributed by atoms with Crippen LogP contribution in [0, 0.1) is 5.82 Å². The van der Waals surface area contributed by atoms with E-state index in [1.807, 2.05) is 0 Å². The predicted molar refractivity (Wildman–Crippen MR) is 186 cm³/mol. The Morgan fingerprint density at radius 1 is 0.843 bits per heavy atom. The summed E-state index contributed by atoms with van der Waals surface area (Å²) in [5.74, 6) is -4.43. The number of hydrogen-bond acceptors (Lipinski definition) is 9. The summed E-state index contributed by atoms with van der Waals surface area (Å²) in [4.78, 5) is 95.3. The highest BCUT2D eigenvalue weighted by Crippen LogP contribution is 2.11. The lowest BCUT2D eigenvalue weighted by molar-refractivity contribution is -0.134. The summed E-state index contributed by atoms with van der Waals surface area (Å²) < 4.78 is 18.9. The quantitative estimate of drug-likeness (QED) is 0.0840. The summed E-state index contributed by atoms with van der Waals surface area (Å²) in [7, 11) is 0. The van der Waals surface area contributed by atoms with Gasteiger partial charge in [0.2, 0.25) is 29.5 Å². The molecule has 1 heterocycles. The highest BCUT2D eigenvalue weighted by Gasteiger charge is 2.32. The maximum Gasteiger partial charge on any atom is 0.407 e. The number of nitrogens with one attached hydrogen (secondary N) is 6. The van der Waals surface area contributed by atoms with Gasteiger partial charge in [-0.3, -0.25) is 33.8 Å². The minimum absolute atomic E-state index is 0.0722. The molecule has 17 heteroatoms. The second-order valence-corrected chi connectivity index (χ2v) is 13.3. The van der Waals surface area contributed by atoms with Crippen molar-refractivity contribution in [2.75, 3.05) is 19.6 Å². The van der Waals surface area contributed by atoms with Crippen LogP contribution in [-0.2, 0) is 39.9 Å². The molecule has 1 aromatic carbocycles. The van der Waals surface area contributed by atoms with Gasteiger partial charge in [-0.05, 0) is 84.4 Å². The molecule has 6 amide bonds. The average molecular weight is 719 g/mol. The van der Waals surface area contributed by atoms with Crippen LogP contribution in [0.1, 0.15) is 78.7 Å². The van der Waals surface area contributed by atoms with E-state index in [1.165, 1.54) is 31.2 Å². The van der Waals surface area contributed by atoms with Gasteiger partial charge in [-0.25, -0.2) is 9.18 Å². The van der Waals surface area contributed by atoms with E-state index in [0.29, 0.717) is 30.7 Å². The number of halogens is 1. The van der Waals surface area contributed by atoms with Gasteiger partial charge in [0.25, 0.3) is 0 Å². The molecule has 1 fully saturated rings. The van der Waals surface area contributed by atoms with Crippen molar-refractivity contribution >= 4 is 47.2 Å². The standard InChI is InChI=1S/C34H51FN8O8/c1-20(44)17-26-31(48)43-27(18-22-11-13-23(35)14-12-22)32(49)42-25(9-6-7-15-38-33(50)51-34(3,4)5)30(47)41-24(10-8-16-37-21(2)36)29(46)39-19-28(45)40-26/h11-14,24-27H,6-10,15-19H2,1-5H3,(H2,36,37)(H,38,50)(H,39,46)(H,40,45)(H,41,47)(H,42,49)(H,43,48)/t24-,25-,26-,27+/m0/s1. The number of alkyl carbamates (subject to hydrolysis) is 1. The molecule has 0 spiro atoms. The van der Waals surface area contributed by atoms with Crippen LogP contribution in [0.25, 0.3) is 0 Å². The molecule has 0 saturated carbocycles. The van der Waals surface area contributed by atoms with E-state index in [0.717, 1.165) is 0 Å². The van der Waals surface area contributed by atoms with Gasteiger partial charge in [-0.1, -0.05) is 12.1 Å². The number of amidine groups is 1. The van der Waals surface area contributed by atoms with Crippen LogP contribution in [0.15, 0.2) is 29.3 Å². The highest BCUT2D eigenvalue weighted by atomic mass is 19.1. The molecule has 2 rings (SSSR count). The molecule has 0 radical (unpaired) electrons. The molecule has 282 valence electrons. The monoisotopic (exact) mass is 718 g/mol. The number of rotatable bonds is 13. The fraction of sp³-hybridized carbons (Fsp3) is 0.588. The van der Waals surface area contributed by atoms with Gasteiger partial charge in [0.1, 0.15) is 41.4 Å². The molecule has 8 N–H and O–H groups in total. The van der Waals surface area contributed by atoms with Crippen LogP contribution >= 0.6 is 0 Å². The third kappa shape index (κ3) is 16.9. The lowest BCUT2D eigenvalue weighted by Crippen LogP contribution is -2.58. The molecule has 1 saturated heterocycles. The number of carbonyl (C=O) groups is 7. The second kappa shape index (κ2) is 20.6. The molecule has 51 heavy (non-hydrogen) atoms. The molecule has 0 aliphatic carbocycles.